The average molecular weight is 623 g/mol. The Morgan fingerprint density at radius 3 is 2.32 bits per heavy atom. The molecule has 2 aromatic heterocycles. The van der Waals surface area contributed by atoms with Crippen molar-refractivity contribution in [3.05, 3.63) is 102 Å². The topological polar surface area (TPSA) is 156 Å². The van der Waals surface area contributed by atoms with Crippen LogP contribution in [0.3, 0.4) is 0 Å². The van der Waals surface area contributed by atoms with E-state index in [2.05, 4.69) is 30.5 Å². The van der Waals surface area contributed by atoms with Crippen molar-refractivity contribution in [3.8, 4) is 22.8 Å². The predicted molar refractivity (Wildman–Crippen MR) is 154 cm³/mol. The highest BCUT2D eigenvalue weighted by molar-refractivity contribution is 7.92. The molecule has 3 aromatic carbocycles. The zero-order valence-corrected chi connectivity index (χ0v) is 23.4. The molecule has 2 heterocycles. The van der Waals surface area contributed by atoms with Crippen LogP contribution in [0.4, 0.5) is 30.2 Å². The first-order valence-corrected chi connectivity index (χ1v) is 14.1. The predicted octanol–water partition coefficient (Wildman–Crippen LogP) is 5.83. The number of halogens is 3. The number of pyridine rings is 1. The minimum Gasteiger partial charge on any atom is -0.334 e. The standard InChI is InChI=1S/C29H21F3N6O5S/c1-17(39)34-21-8-10-23(11-9-21)44(41,42)38-22-6-2-4-19(14-22)28-36-26(37-43-28)18-7-12-25(24(15-18)29(30,31)32)35-27(40)20-5-3-13-33-16-20/h2-16,38H,1H3,(H,34,39)(H,35,40). The lowest BCUT2D eigenvalue weighted by atomic mass is 10.1. The second kappa shape index (κ2) is 12.0. The number of alkyl halides is 3. The summed E-state index contributed by atoms with van der Waals surface area (Å²) in [7, 11) is -4.01. The Balaban J connectivity index is 1.37. The van der Waals surface area contributed by atoms with E-state index in [1.54, 1.807) is 6.07 Å². The molecule has 0 saturated heterocycles. The van der Waals surface area contributed by atoms with Crippen LogP contribution in [0.1, 0.15) is 22.8 Å². The minimum atomic E-state index is -4.82. The van der Waals surface area contributed by atoms with Crippen molar-refractivity contribution < 1.29 is 35.7 Å². The van der Waals surface area contributed by atoms with Gasteiger partial charge in [-0.25, -0.2) is 8.42 Å². The van der Waals surface area contributed by atoms with Gasteiger partial charge in [0.25, 0.3) is 21.8 Å². The van der Waals surface area contributed by atoms with Crippen molar-refractivity contribution in [2.24, 2.45) is 0 Å². The van der Waals surface area contributed by atoms with Crippen LogP contribution in [-0.2, 0) is 21.0 Å². The summed E-state index contributed by atoms with van der Waals surface area (Å²) in [5.41, 5.74) is -0.674. The molecule has 2 amide bonds. The molecule has 0 spiro atoms. The molecule has 44 heavy (non-hydrogen) atoms. The van der Waals surface area contributed by atoms with E-state index in [-0.39, 0.29) is 39.3 Å². The van der Waals surface area contributed by atoms with Crippen LogP contribution >= 0.6 is 0 Å². The number of carbonyl (C=O) groups excluding carboxylic acids is 2. The molecule has 0 atom stereocenters. The third kappa shape index (κ3) is 6.90. The van der Waals surface area contributed by atoms with Crippen molar-refractivity contribution in [2.75, 3.05) is 15.4 Å². The van der Waals surface area contributed by atoms with Gasteiger partial charge >= 0.3 is 6.18 Å². The number of hydrogen-bond acceptors (Lipinski definition) is 8. The zero-order chi connectivity index (χ0) is 31.5. The minimum absolute atomic E-state index is 0.0359. The number of aromatic nitrogens is 3. The van der Waals surface area contributed by atoms with Crippen molar-refractivity contribution in [1.29, 1.82) is 0 Å². The van der Waals surface area contributed by atoms with E-state index in [4.69, 9.17) is 4.52 Å². The molecule has 15 heteroatoms. The summed E-state index contributed by atoms with van der Waals surface area (Å²) in [6, 6.07) is 17.6. The van der Waals surface area contributed by atoms with Gasteiger partial charge in [-0.3, -0.25) is 19.3 Å². The number of sulfonamides is 1. The van der Waals surface area contributed by atoms with Crippen molar-refractivity contribution in [2.45, 2.75) is 18.0 Å². The first-order chi connectivity index (χ1) is 20.9. The maximum Gasteiger partial charge on any atom is 0.418 e. The highest BCUT2D eigenvalue weighted by Gasteiger charge is 2.35. The normalized spacial score (nSPS) is 11.5. The summed E-state index contributed by atoms with van der Waals surface area (Å²) in [4.78, 5) is 31.6. The summed E-state index contributed by atoms with van der Waals surface area (Å²) in [5.74, 6) is -1.32. The molecule has 0 saturated carbocycles. The summed E-state index contributed by atoms with van der Waals surface area (Å²) in [6.07, 6.45) is -2.17. The van der Waals surface area contributed by atoms with Crippen LogP contribution in [0, 0.1) is 0 Å². The Hall–Kier alpha value is -5.57. The smallest absolute Gasteiger partial charge is 0.334 e. The first kappa shape index (κ1) is 29.9. The van der Waals surface area contributed by atoms with Gasteiger partial charge in [0, 0.05) is 41.8 Å². The summed E-state index contributed by atoms with van der Waals surface area (Å²) >= 11 is 0. The molecule has 5 aromatic rings. The van der Waals surface area contributed by atoms with Gasteiger partial charge in [-0.05, 0) is 72.8 Å². The molecule has 0 unspecified atom stereocenters. The van der Waals surface area contributed by atoms with E-state index in [9.17, 15) is 31.2 Å². The number of anilines is 3. The fraction of sp³-hybridized carbons (Fsp3) is 0.0690. The molecule has 3 N–H and O–H groups in total. The number of amides is 2. The molecule has 0 aliphatic heterocycles. The lowest BCUT2D eigenvalue weighted by Gasteiger charge is -2.14. The highest BCUT2D eigenvalue weighted by Crippen LogP contribution is 2.38. The molecule has 224 valence electrons. The number of benzene rings is 3. The van der Waals surface area contributed by atoms with Crippen molar-refractivity contribution in [3.63, 3.8) is 0 Å². The largest absolute Gasteiger partial charge is 0.418 e. The highest BCUT2D eigenvalue weighted by atomic mass is 32.2. The van der Waals surface area contributed by atoms with Gasteiger partial charge in [0.2, 0.25) is 11.7 Å². The molecule has 0 fully saturated rings. The van der Waals surface area contributed by atoms with E-state index in [1.807, 2.05) is 0 Å². The van der Waals surface area contributed by atoms with Crippen LogP contribution in [0.2, 0.25) is 0 Å². The maximum atomic E-state index is 13.9. The first-order valence-electron chi connectivity index (χ1n) is 12.7. The van der Waals surface area contributed by atoms with Gasteiger partial charge in [0.1, 0.15) is 0 Å². The average Bonchev–Trinajstić information content (AvgIpc) is 3.48. The monoisotopic (exact) mass is 622 g/mol. The molecule has 0 bridgehead atoms. The third-order valence-corrected chi connectivity index (χ3v) is 7.43. The molecular weight excluding hydrogens is 601 g/mol. The number of rotatable bonds is 8. The van der Waals surface area contributed by atoms with Gasteiger partial charge in [-0.15, -0.1) is 0 Å². The van der Waals surface area contributed by atoms with Gasteiger partial charge in [0.15, 0.2) is 0 Å². The van der Waals surface area contributed by atoms with Gasteiger partial charge in [-0.1, -0.05) is 11.2 Å². The second-order valence-corrected chi connectivity index (χ2v) is 11.0. The summed E-state index contributed by atoms with van der Waals surface area (Å²) in [6.45, 7) is 1.33. The molecule has 5 rings (SSSR count). The van der Waals surface area contributed by atoms with Gasteiger partial charge in [0.05, 0.1) is 21.7 Å². The van der Waals surface area contributed by atoms with Crippen LogP contribution in [-0.4, -0.2) is 35.4 Å². The lowest BCUT2D eigenvalue weighted by Crippen LogP contribution is -2.17. The molecule has 0 radical (unpaired) electrons. The van der Waals surface area contributed by atoms with E-state index in [0.717, 1.165) is 12.1 Å². The van der Waals surface area contributed by atoms with Crippen LogP contribution in [0.15, 0.2) is 101 Å². The fourth-order valence-electron chi connectivity index (χ4n) is 4.03. The van der Waals surface area contributed by atoms with Gasteiger partial charge in [-0.2, -0.15) is 18.2 Å². The number of nitrogens with one attached hydrogen (secondary N) is 3. The molecule has 0 aliphatic carbocycles. The van der Waals surface area contributed by atoms with Gasteiger partial charge < -0.3 is 15.2 Å². The van der Waals surface area contributed by atoms with E-state index in [0.29, 0.717) is 11.3 Å². The zero-order valence-electron chi connectivity index (χ0n) is 22.6. The second-order valence-electron chi connectivity index (χ2n) is 9.27. The molecular formula is C29H21F3N6O5S. The van der Waals surface area contributed by atoms with E-state index in [1.165, 1.54) is 80.0 Å². The Bertz CT molecular complexity index is 1950. The Kier molecular flexibility index (Phi) is 8.13. The van der Waals surface area contributed by atoms with Crippen LogP contribution < -0.4 is 15.4 Å². The van der Waals surface area contributed by atoms with E-state index < -0.39 is 33.4 Å². The fourth-order valence-corrected chi connectivity index (χ4v) is 5.08. The van der Waals surface area contributed by atoms with E-state index >= 15 is 0 Å². The SMILES string of the molecule is CC(=O)Nc1ccc(S(=O)(=O)Nc2cccc(-c3nc(-c4ccc(NC(=O)c5cccnc5)c(C(F)(F)F)c4)no3)c2)cc1. The number of hydrogen-bond donors (Lipinski definition) is 3. The quantitative estimate of drug-likeness (QED) is 0.195. The Labute approximate surface area is 248 Å². The van der Waals surface area contributed by atoms with Crippen LogP contribution in [0.25, 0.3) is 22.8 Å². The van der Waals surface area contributed by atoms with Crippen molar-refractivity contribution >= 4 is 38.9 Å². The number of nitrogens with zero attached hydrogens (tertiary/aromatic N) is 3. The summed E-state index contributed by atoms with van der Waals surface area (Å²) in [5, 5.41) is 8.59. The lowest BCUT2D eigenvalue weighted by molar-refractivity contribution is -0.136. The molecule has 0 aliphatic rings. The maximum absolute atomic E-state index is 13.9. The summed E-state index contributed by atoms with van der Waals surface area (Å²) < 4.78 is 75.3. The third-order valence-electron chi connectivity index (χ3n) is 6.03. The van der Waals surface area contributed by atoms with Crippen molar-refractivity contribution in [1.82, 2.24) is 15.1 Å². The molecule has 11 nitrogen and oxygen atoms in total. The number of carbonyl (C=O) groups is 2. The Morgan fingerprint density at radius 1 is 0.864 bits per heavy atom. The van der Waals surface area contributed by atoms with Crippen LogP contribution in [0.5, 0.6) is 0 Å². The Morgan fingerprint density at radius 2 is 1.64 bits per heavy atom.